The summed E-state index contributed by atoms with van der Waals surface area (Å²) in [6, 6.07) is 0. The van der Waals surface area contributed by atoms with Crippen LogP contribution in [-0.4, -0.2) is 12.7 Å². The summed E-state index contributed by atoms with van der Waals surface area (Å²) in [5.41, 5.74) is 2.92. The molecule has 0 aliphatic carbocycles. The molecule has 1 fully saturated rings. The Morgan fingerprint density at radius 1 is 1.44 bits per heavy atom. The molecule has 0 amide bonds. The maximum absolute atomic E-state index is 5.10. The van der Waals surface area contributed by atoms with Crippen LogP contribution in [0.4, 0.5) is 0 Å². The fourth-order valence-electron chi connectivity index (χ4n) is 0.732. The average molecular weight is 126 g/mol. The first-order valence-electron chi connectivity index (χ1n) is 3.44. The number of hydrogen-bond acceptors (Lipinski definition) is 1. The van der Waals surface area contributed by atoms with Crippen molar-refractivity contribution in [2.45, 2.75) is 33.3 Å². The number of epoxide rings is 1. The Bertz CT molecular complexity index is 128. The summed E-state index contributed by atoms with van der Waals surface area (Å²) in [5, 5.41) is 0. The molecule has 0 saturated carbocycles. The average Bonchev–Trinajstić information content (AvgIpc) is 2.50. The van der Waals surface area contributed by atoms with Crippen LogP contribution in [0, 0.1) is 0 Å². The lowest BCUT2D eigenvalue weighted by atomic mass is 10.1. The fraction of sp³-hybridized carbons (Fsp3) is 0.750. The van der Waals surface area contributed by atoms with E-state index in [1.807, 2.05) is 0 Å². The molecule has 1 heterocycles. The van der Waals surface area contributed by atoms with E-state index >= 15 is 0 Å². The predicted octanol–water partition coefficient (Wildman–Crippen LogP) is 2.13. The monoisotopic (exact) mass is 126 g/mol. The Morgan fingerprint density at radius 3 is 2.33 bits per heavy atom. The Labute approximate surface area is 56.7 Å². The SMILES string of the molecule is CC(C)=C(C)CC1CO1. The molecule has 1 rings (SSSR count). The van der Waals surface area contributed by atoms with Gasteiger partial charge in [0.2, 0.25) is 0 Å². The van der Waals surface area contributed by atoms with Crippen molar-refractivity contribution in [3.63, 3.8) is 0 Å². The molecular weight excluding hydrogens is 112 g/mol. The fourth-order valence-corrected chi connectivity index (χ4v) is 0.732. The molecule has 52 valence electrons. The Balaban J connectivity index is 2.32. The summed E-state index contributed by atoms with van der Waals surface area (Å²) in [6.45, 7) is 7.46. The second kappa shape index (κ2) is 2.53. The van der Waals surface area contributed by atoms with Gasteiger partial charge in [-0.3, -0.25) is 0 Å². The van der Waals surface area contributed by atoms with Gasteiger partial charge in [-0.1, -0.05) is 11.1 Å². The topological polar surface area (TPSA) is 12.5 Å². The van der Waals surface area contributed by atoms with Crippen LogP contribution in [0.25, 0.3) is 0 Å². The van der Waals surface area contributed by atoms with Gasteiger partial charge in [0.25, 0.3) is 0 Å². The second-order valence-electron chi connectivity index (χ2n) is 2.94. The Hall–Kier alpha value is -0.300. The van der Waals surface area contributed by atoms with Gasteiger partial charge in [0.05, 0.1) is 12.7 Å². The number of allylic oxidation sites excluding steroid dienone is 1. The van der Waals surface area contributed by atoms with Crippen LogP contribution in [-0.2, 0) is 4.74 Å². The van der Waals surface area contributed by atoms with Crippen LogP contribution in [0.1, 0.15) is 27.2 Å². The van der Waals surface area contributed by atoms with Crippen LogP contribution in [0.3, 0.4) is 0 Å². The lowest BCUT2D eigenvalue weighted by Crippen LogP contribution is -1.87. The van der Waals surface area contributed by atoms with Crippen LogP contribution in [0.2, 0.25) is 0 Å². The van der Waals surface area contributed by atoms with E-state index < -0.39 is 0 Å². The third kappa shape index (κ3) is 2.19. The molecule has 0 spiro atoms. The van der Waals surface area contributed by atoms with Crippen LogP contribution >= 0.6 is 0 Å². The van der Waals surface area contributed by atoms with Crippen molar-refractivity contribution >= 4 is 0 Å². The van der Waals surface area contributed by atoms with E-state index in [0.717, 1.165) is 13.0 Å². The van der Waals surface area contributed by atoms with Gasteiger partial charge in [0.15, 0.2) is 0 Å². The van der Waals surface area contributed by atoms with Crippen LogP contribution in [0.5, 0.6) is 0 Å². The summed E-state index contributed by atoms with van der Waals surface area (Å²) in [6.07, 6.45) is 1.70. The molecule has 1 nitrogen and oxygen atoms in total. The lowest BCUT2D eigenvalue weighted by molar-refractivity contribution is 0.406. The summed E-state index contributed by atoms with van der Waals surface area (Å²) < 4.78 is 5.10. The molecule has 0 N–H and O–H groups in total. The quantitative estimate of drug-likeness (QED) is 0.408. The van der Waals surface area contributed by atoms with E-state index in [4.69, 9.17) is 4.74 Å². The first-order chi connectivity index (χ1) is 4.20. The summed E-state index contributed by atoms with van der Waals surface area (Å²) in [5.74, 6) is 0. The van der Waals surface area contributed by atoms with Gasteiger partial charge in [-0.05, 0) is 27.2 Å². The maximum Gasteiger partial charge on any atom is 0.0846 e. The van der Waals surface area contributed by atoms with Crippen molar-refractivity contribution in [2.75, 3.05) is 6.61 Å². The third-order valence-corrected chi connectivity index (χ3v) is 1.79. The van der Waals surface area contributed by atoms with Gasteiger partial charge in [0.1, 0.15) is 0 Å². The standard InChI is InChI=1S/C8H14O/c1-6(2)7(3)4-8-5-9-8/h8H,4-5H2,1-3H3. The minimum atomic E-state index is 0.555. The molecule has 0 aromatic carbocycles. The molecule has 1 aliphatic rings. The van der Waals surface area contributed by atoms with E-state index in [1.165, 1.54) is 11.1 Å². The van der Waals surface area contributed by atoms with Gasteiger partial charge in [-0.25, -0.2) is 0 Å². The van der Waals surface area contributed by atoms with E-state index in [9.17, 15) is 0 Å². The molecule has 1 atom stereocenters. The first kappa shape index (κ1) is 6.81. The molecule has 0 bridgehead atoms. The minimum absolute atomic E-state index is 0.555. The largest absolute Gasteiger partial charge is 0.373 e. The number of hydrogen-bond donors (Lipinski definition) is 0. The van der Waals surface area contributed by atoms with Crippen molar-refractivity contribution in [1.82, 2.24) is 0 Å². The third-order valence-electron chi connectivity index (χ3n) is 1.79. The molecule has 0 aromatic heterocycles. The minimum Gasteiger partial charge on any atom is -0.373 e. The van der Waals surface area contributed by atoms with Gasteiger partial charge >= 0.3 is 0 Å². The lowest BCUT2D eigenvalue weighted by Gasteiger charge is -1.98. The molecular formula is C8H14O. The Kier molecular flexibility index (Phi) is 1.91. The van der Waals surface area contributed by atoms with Gasteiger partial charge in [0, 0.05) is 0 Å². The highest BCUT2D eigenvalue weighted by Crippen LogP contribution is 2.20. The second-order valence-corrected chi connectivity index (χ2v) is 2.94. The maximum atomic E-state index is 5.10. The van der Waals surface area contributed by atoms with Crippen molar-refractivity contribution in [3.05, 3.63) is 11.1 Å². The molecule has 9 heavy (non-hydrogen) atoms. The summed E-state index contributed by atoms with van der Waals surface area (Å²) >= 11 is 0. The highest BCUT2D eigenvalue weighted by Gasteiger charge is 2.22. The van der Waals surface area contributed by atoms with E-state index in [-0.39, 0.29) is 0 Å². The van der Waals surface area contributed by atoms with E-state index in [2.05, 4.69) is 20.8 Å². The molecule has 1 aliphatic heterocycles. The summed E-state index contributed by atoms with van der Waals surface area (Å²) in [4.78, 5) is 0. The van der Waals surface area contributed by atoms with Crippen molar-refractivity contribution in [1.29, 1.82) is 0 Å². The predicted molar refractivity (Wildman–Crippen MR) is 38.4 cm³/mol. The van der Waals surface area contributed by atoms with Gasteiger partial charge in [-0.2, -0.15) is 0 Å². The smallest absolute Gasteiger partial charge is 0.0846 e. The summed E-state index contributed by atoms with van der Waals surface area (Å²) in [7, 11) is 0. The van der Waals surface area contributed by atoms with Crippen molar-refractivity contribution < 1.29 is 4.74 Å². The molecule has 0 radical (unpaired) electrons. The van der Waals surface area contributed by atoms with Gasteiger partial charge in [-0.15, -0.1) is 0 Å². The zero-order valence-electron chi connectivity index (χ0n) is 6.40. The van der Waals surface area contributed by atoms with Gasteiger partial charge < -0.3 is 4.74 Å². The highest BCUT2D eigenvalue weighted by molar-refractivity contribution is 5.08. The van der Waals surface area contributed by atoms with E-state index in [1.54, 1.807) is 0 Å². The first-order valence-corrected chi connectivity index (χ1v) is 3.44. The molecule has 1 heteroatoms. The van der Waals surface area contributed by atoms with Crippen molar-refractivity contribution in [2.24, 2.45) is 0 Å². The Morgan fingerprint density at radius 2 is 2.00 bits per heavy atom. The number of ether oxygens (including phenoxy) is 1. The normalized spacial score (nSPS) is 23.7. The number of rotatable bonds is 2. The molecule has 1 unspecified atom stereocenters. The molecule has 1 saturated heterocycles. The highest BCUT2D eigenvalue weighted by atomic mass is 16.6. The zero-order chi connectivity index (χ0) is 6.85. The van der Waals surface area contributed by atoms with E-state index in [0.29, 0.717) is 6.10 Å². The van der Waals surface area contributed by atoms with Crippen LogP contribution in [0.15, 0.2) is 11.1 Å². The zero-order valence-corrected chi connectivity index (χ0v) is 6.40. The van der Waals surface area contributed by atoms with Crippen LogP contribution < -0.4 is 0 Å². The molecule has 0 aromatic rings. The van der Waals surface area contributed by atoms with Crippen molar-refractivity contribution in [3.8, 4) is 0 Å².